The van der Waals surface area contributed by atoms with Crippen LogP contribution in [0.5, 0.6) is 0 Å². The van der Waals surface area contributed by atoms with Crippen molar-refractivity contribution in [3.63, 3.8) is 0 Å². The summed E-state index contributed by atoms with van der Waals surface area (Å²) in [7, 11) is 0. The minimum absolute atomic E-state index is 0.673. The van der Waals surface area contributed by atoms with Gasteiger partial charge in [0.1, 0.15) is 6.29 Å². The molecule has 2 aromatic rings. The highest BCUT2D eigenvalue weighted by Crippen LogP contribution is 2.11. The van der Waals surface area contributed by atoms with E-state index in [1.807, 2.05) is 24.3 Å². The Kier molecular flexibility index (Phi) is 9.63. The minimum Gasteiger partial charge on any atom is -0.298 e. The van der Waals surface area contributed by atoms with E-state index in [4.69, 9.17) is 0 Å². The molecule has 0 amide bonds. The lowest BCUT2D eigenvalue weighted by atomic mass is 10.0. The lowest BCUT2D eigenvalue weighted by Crippen LogP contribution is -1.93. The van der Waals surface area contributed by atoms with Crippen molar-refractivity contribution < 1.29 is 4.79 Å². The van der Waals surface area contributed by atoms with Crippen LogP contribution in [0.1, 0.15) is 54.7 Å². The Hall–Kier alpha value is -1.41. The van der Waals surface area contributed by atoms with Crippen molar-refractivity contribution in [3.05, 3.63) is 70.8 Å². The van der Waals surface area contributed by atoms with Crippen LogP contribution in [0.2, 0.25) is 0 Å². The molecule has 2 heteroatoms. The third-order valence-corrected chi connectivity index (χ3v) is 4.23. The van der Waals surface area contributed by atoms with Crippen LogP contribution in [0, 0.1) is 11.8 Å². The Morgan fingerprint density at radius 1 is 0.750 bits per heavy atom. The number of hydrogen-bond donors (Lipinski definition) is 0. The number of aldehydes is 1. The fraction of sp³-hybridized carbons (Fsp3) is 0.409. The SMILES string of the molecule is CC(C)Cc1ccc(C=O)cc1.CC(C)Cc1ccc(CBr)cc1. The molecule has 0 aliphatic carbocycles. The van der Waals surface area contributed by atoms with Gasteiger partial charge < -0.3 is 0 Å². The first-order valence-electron chi connectivity index (χ1n) is 8.62. The molecule has 0 aromatic heterocycles. The number of carbonyl (C=O) groups is 1. The summed E-state index contributed by atoms with van der Waals surface area (Å²) in [5.74, 6) is 1.42. The summed E-state index contributed by atoms with van der Waals surface area (Å²) in [5.41, 5.74) is 4.84. The van der Waals surface area contributed by atoms with Crippen LogP contribution in [0.25, 0.3) is 0 Å². The van der Waals surface area contributed by atoms with E-state index in [0.29, 0.717) is 5.92 Å². The third-order valence-electron chi connectivity index (χ3n) is 3.58. The molecule has 130 valence electrons. The average molecular weight is 389 g/mol. The van der Waals surface area contributed by atoms with Crippen molar-refractivity contribution >= 4 is 22.2 Å². The maximum absolute atomic E-state index is 10.3. The standard InChI is InChI=1S/C11H15Br.C11H14O/c2*1-9(2)7-10-3-5-11(8-12)6-4-10/h3-6,9H,7-8H2,1-2H3;3-6,8-9H,7H2,1-2H3. The predicted molar refractivity (Wildman–Crippen MR) is 108 cm³/mol. The maximum atomic E-state index is 10.3. The van der Waals surface area contributed by atoms with E-state index >= 15 is 0 Å². The molecule has 0 atom stereocenters. The van der Waals surface area contributed by atoms with Gasteiger partial charge in [-0.05, 0) is 41.4 Å². The van der Waals surface area contributed by atoms with Gasteiger partial charge in [-0.2, -0.15) is 0 Å². The third kappa shape index (κ3) is 8.44. The van der Waals surface area contributed by atoms with Crippen LogP contribution in [0.15, 0.2) is 48.5 Å². The molecule has 0 fully saturated rings. The molecule has 0 saturated heterocycles. The zero-order chi connectivity index (χ0) is 17.9. The zero-order valence-corrected chi connectivity index (χ0v) is 16.8. The van der Waals surface area contributed by atoms with E-state index in [0.717, 1.165) is 29.5 Å². The first-order chi connectivity index (χ1) is 11.4. The average Bonchev–Trinajstić information content (AvgIpc) is 2.56. The van der Waals surface area contributed by atoms with Gasteiger partial charge in [0.2, 0.25) is 0 Å². The van der Waals surface area contributed by atoms with E-state index in [1.54, 1.807) is 0 Å². The monoisotopic (exact) mass is 388 g/mol. The van der Waals surface area contributed by atoms with E-state index in [1.165, 1.54) is 23.1 Å². The number of rotatable bonds is 6. The van der Waals surface area contributed by atoms with Crippen molar-refractivity contribution in [2.24, 2.45) is 11.8 Å². The molecule has 0 unspecified atom stereocenters. The van der Waals surface area contributed by atoms with Gasteiger partial charge in [-0.1, -0.05) is 92.2 Å². The first kappa shape index (κ1) is 20.6. The molecule has 0 spiro atoms. The van der Waals surface area contributed by atoms with Gasteiger partial charge >= 0.3 is 0 Å². The van der Waals surface area contributed by atoms with E-state index in [9.17, 15) is 4.79 Å². The second-order valence-corrected chi connectivity index (χ2v) is 7.57. The minimum atomic E-state index is 0.673. The number of carbonyl (C=O) groups excluding carboxylic acids is 1. The summed E-state index contributed by atoms with van der Waals surface area (Å²) in [6.45, 7) is 8.87. The van der Waals surface area contributed by atoms with Crippen molar-refractivity contribution in [3.8, 4) is 0 Å². The Morgan fingerprint density at radius 3 is 1.46 bits per heavy atom. The number of hydrogen-bond acceptors (Lipinski definition) is 1. The van der Waals surface area contributed by atoms with Crippen molar-refractivity contribution in [2.75, 3.05) is 0 Å². The zero-order valence-electron chi connectivity index (χ0n) is 15.3. The van der Waals surface area contributed by atoms with Crippen LogP contribution in [-0.2, 0) is 18.2 Å². The highest BCUT2D eigenvalue weighted by atomic mass is 79.9. The fourth-order valence-corrected chi connectivity index (χ4v) is 2.81. The van der Waals surface area contributed by atoms with E-state index < -0.39 is 0 Å². The lowest BCUT2D eigenvalue weighted by molar-refractivity contribution is 0.112. The topological polar surface area (TPSA) is 17.1 Å². The molecule has 0 heterocycles. The number of benzene rings is 2. The Bertz CT molecular complexity index is 582. The fourth-order valence-electron chi connectivity index (χ4n) is 2.44. The molecule has 0 N–H and O–H groups in total. The summed E-state index contributed by atoms with van der Waals surface area (Å²) in [4.78, 5) is 10.3. The van der Waals surface area contributed by atoms with Crippen LogP contribution >= 0.6 is 15.9 Å². The molecular formula is C22H29BrO. The molecule has 2 aromatic carbocycles. The van der Waals surface area contributed by atoms with Crippen LogP contribution in [0.4, 0.5) is 0 Å². The second-order valence-electron chi connectivity index (χ2n) is 7.01. The van der Waals surface area contributed by atoms with E-state index in [2.05, 4.69) is 67.9 Å². The Labute approximate surface area is 155 Å². The Morgan fingerprint density at radius 2 is 1.12 bits per heavy atom. The molecule has 0 saturated carbocycles. The molecule has 2 rings (SSSR count). The van der Waals surface area contributed by atoms with Crippen LogP contribution < -0.4 is 0 Å². The number of alkyl halides is 1. The second kappa shape index (κ2) is 11.2. The van der Waals surface area contributed by atoms with Gasteiger partial charge in [-0.15, -0.1) is 0 Å². The molecule has 0 aliphatic heterocycles. The van der Waals surface area contributed by atoms with Gasteiger partial charge in [0.05, 0.1) is 0 Å². The maximum Gasteiger partial charge on any atom is 0.150 e. The first-order valence-corrected chi connectivity index (χ1v) is 9.74. The molecule has 0 radical (unpaired) electrons. The van der Waals surface area contributed by atoms with Gasteiger partial charge in [0.15, 0.2) is 0 Å². The van der Waals surface area contributed by atoms with Gasteiger partial charge in [0, 0.05) is 10.9 Å². The highest BCUT2D eigenvalue weighted by Gasteiger charge is 1.97. The van der Waals surface area contributed by atoms with Crippen LogP contribution in [-0.4, -0.2) is 6.29 Å². The van der Waals surface area contributed by atoms with Crippen molar-refractivity contribution in [1.29, 1.82) is 0 Å². The van der Waals surface area contributed by atoms with E-state index in [-0.39, 0.29) is 0 Å². The van der Waals surface area contributed by atoms with Gasteiger partial charge in [-0.25, -0.2) is 0 Å². The number of halogens is 1. The summed E-state index contributed by atoms with van der Waals surface area (Å²) >= 11 is 3.43. The van der Waals surface area contributed by atoms with Gasteiger partial charge in [-0.3, -0.25) is 4.79 Å². The summed E-state index contributed by atoms with van der Waals surface area (Å²) < 4.78 is 0. The molecule has 1 nitrogen and oxygen atoms in total. The Balaban J connectivity index is 0.000000240. The lowest BCUT2D eigenvalue weighted by Gasteiger charge is -2.04. The normalized spacial score (nSPS) is 10.5. The van der Waals surface area contributed by atoms with Crippen molar-refractivity contribution in [1.82, 2.24) is 0 Å². The van der Waals surface area contributed by atoms with Crippen molar-refractivity contribution in [2.45, 2.75) is 45.9 Å². The predicted octanol–water partition coefficient (Wildman–Crippen LogP) is 6.48. The summed E-state index contributed by atoms with van der Waals surface area (Å²) in [6, 6.07) is 16.6. The largest absolute Gasteiger partial charge is 0.298 e. The molecule has 24 heavy (non-hydrogen) atoms. The summed E-state index contributed by atoms with van der Waals surface area (Å²) in [6.07, 6.45) is 3.14. The quantitative estimate of drug-likeness (QED) is 0.408. The van der Waals surface area contributed by atoms with Gasteiger partial charge in [0.25, 0.3) is 0 Å². The van der Waals surface area contributed by atoms with Crippen LogP contribution in [0.3, 0.4) is 0 Å². The highest BCUT2D eigenvalue weighted by molar-refractivity contribution is 9.08. The smallest absolute Gasteiger partial charge is 0.150 e. The molecule has 0 aliphatic rings. The molecule has 0 bridgehead atoms. The molecular weight excluding hydrogens is 360 g/mol. The summed E-state index contributed by atoms with van der Waals surface area (Å²) in [5, 5.41) is 0.953.